The fraction of sp³-hybridized carbons (Fsp3) is 0.953. The third-order valence-corrected chi connectivity index (χ3v) is 13.1. The molecule has 0 saturated heterocycles. The van der Waals surface area contributed by atoms with E-state index in [4.69, 9.17) is 0 Å². The van der Waals surface area contributed by atoms with Crippen molar-refractivity contribution in [2.75, 3.05) is 0 Å². The number of allylic oxidation sites excluding steroid dienone is 2. The fourth-order valence-corrected chi connectivity index (χ4v) is 9.00. The first-order valence-corrected chi connectivity index (χ1v) is 20.1. The van der Waals surface area contributed by atoms with Crippen molar-refractivity contribution in [2.45, 2.75) is 212 Å². The molecule has 6 unspecified atom stereocenters. The summed E-state index contributed by atoms with van der Waals surface area (Å²) in [7, 11) is 0. The van der Waals surface area contributed by atoms with Gasteiger partial charge in [-0.15, -0.1) is 0 Å². The summed E-state index contributed by atoms with van der Waals surface area (Å²) >= 11 is 0. The van der Waals surface area contributed by atoms with Crippen LogP contribution in [-0.4, -0.2) is 0 Å². The highest BCUT2D eigenvalue weighted by Crippen LogP contribution is 2.47. The summed E-state index contributed by atoms with van der Waals surface area (Å²) in [6.07, 6.45) is 30.8. The van der Waals surface area contributed by atoms with Crippen molar-refractivity contribution < 1.29 is 0 Å². The van der Waals surface area contributed by atoms with Crippen molar-refractivity contribution in [3.63, 3.8) is 0 Å². The number of rotatable bonds is 27. The second-order valence-corrected chi connectivity index (χ2v) is 16.7. The maximum atomic E-state index is 2.66. The molecule has 1 aliphatic carbocycles. The molecule has 1 aliphatic rings. The van der Waals surface area contributed by atoms with Gasteiger partial charge in [0.05, 0.1) is 0 Å². The lowest BCUT2D eigenvalue weighted by molar-refractivity contribution is 0.145. The first kappa shape index (κ1) is 40.8. The van der Waals surface area contributed by atoms with Crippen molar-refractivity contribution >= 4 is 0 Å². The standard InChI is InChI=1S/C43H84/c1-13-20-21-30-43(18-6,19-7)33-34(8)24-26-39(36(10)38-27-28-38)32-40(35(9)22-14-2)31-37(23-15-3)25-29-41(16-4)42(11,12)17-5/h16,34-40H,13-15,17-33H2,1-12H3. The Balaban J connectivity index is 3.03. The zero-order valence-electron chi connectivity index (χ0n) is 32.3. The lowest BCUT2D eigenvalue weighted by atomic mass is 9.69. The number of hydrogen-bond donors (Lipinski definition) is 0. The molecule has 0 aliphatic heterocycles. The molecule has 1 fully saturated rings. The van der Waals surface area contributed by atoms with E-state index >= 15 is 0 Å². The Labute approximate surface area is 274 Å². The SMILES string of the molecule is CC=C(CCC(CCC)CC(CC(CCC(C)CC(CC)(CC)CCCCC)C(C)C1CC1)C(C)CCC)C(C)(C)CC. The van der Waals surface area contributed by atoms with Crippen LogP contribution in [0.1, 0.15) is 212 Å². The molecule has 0 heteroatoms. The van der Waals surface area contributed by atoms with Crippen LogP contribution in [0.4, 0.5) is 0 Å². The van der Waals surface area contributed by atoms with Crippen LogP contribution in [0.5, 0.6) is 0 Å². The minimum Gasteiger partial charge on any atom is -0.0879 e. The average Bonchev–Trinajstić information content (AvgIpc) is 3.84. The molecule has 0 spiro atoms. The van der Waals surface area contributed by atoms with Crippen LogP contribution in [0, 0.1) is 52.3 Å². The Bertz CT molecular complexity index is 704. The van der Waals surface area contributed by atoms with Crippen LogP contribution in [-0.2, 0) is 0 Å². The fourth-order valence-electron chi connectivity index (χ4n) is 9.00. The Kier molecular flexibility index (Phi) is 20.4. The molecular formula is C43H84. The van der Waals surface area contributed by atoms with Gasteiger partial charge < -0.3 is 0 Å². The van der Waals surface area contributed by atoms with Gasteiger partial charge in [0.1, 0.15) is 0 Å². The highest BCUT2D eigenvalue weighted by Gasteiger charge is 2.36. The Morgan fingerprint density at radius 1 is 0.721 bits per heavy atom. The molecule has 0 aromatic rings. The molecule has 6 atom stereocenters. The summed E-state index contributed by atoms with van der Waals surface area (Å²) in [4.78, 5) is 0. The van der Waals surface area contributed by atoms with Crippen LogP contribution >= 0.6 is 0 Å². The van der Waals surface area contributed by atoms with Gasteiger partial charge >= 0.3 is 0 Å². The minimum atomic E-state index is 0.352. The summed E-state index contributed by atoms with van der Waals surface area (Å²) in [5.74, 6) is 6.44. The average molecular weight is 601 g/mol. The monoisotopic (exact) mass is 601 g/mol. The minimum absolute atomic E-state index is 0.352. The van der Waals surface area contributed by atoms with Gasteiger partial charge in [0, 0.05) is 0 Å². The van der Waals surface area contributed by atoms with Crippen LogP contribution in [0.3, 0.4) is 0 Å². The molecule has 0 nitrogen and oxygen atoms in total. The smallest absolute Gasteiger partial charge is 0.0147 e. The van der Waals surface area contributed by atoms with Crippen molar-refractivity contribution in [1.29, 1.82) is 0 Å². The molecule has 43 heavy (non-hydrogen) atoms. The maximum absolute atomic E-state index is 2.66. The molecule has 0 amide bonds. The molecule has 0 aromatic heterocycles. The largest absolute Gasteiger partial charge is 0.0879 e. The van der Waals surface area contributed by atoms with Crippen LogP contribution in [0.25, 0.3) is 0 Å². The zero-order chi connectivity index (χ0) is 32.5. The molecule has 0 heterocycles. The van der Waals surface area contributed by atoms with Gasteiger partial charge in [-0.2, -0.15) is 0 Å². The lowest BCUT2D eigenvalue weighted by Crippen LogP contribution is -2.26. The summed E-state index contributed by atoms with van der Waals surface area (Å²) in [5.41, 5.74) is 2.65. The van der Waals surface area contributed by atoms with Gasteiger partial charge in [0.15, 0.2) is 0 Å². The van der Waals surface area contributed by atoms with Gasteiger partial charge in [-0.05, 0) is 123 Å². The lowest BCUT2D eigenvalue weighted by Gasteiger charge is -2.37. The van der Waals surface area contributed by atoms with Gasteiger partial charge in [-0.1, -0.05) is 152 Å². The topological polar surface area (TPSA) is 0 Å². The van der Waals surface area contributed by atoms with Gasteiger partial charge in [-0.3, -0.25) is 0 Å². The van der Waals surface area contributed by atoms with Crippen LogP contribution in [0.2, 0.25) is 0 Å². The summed E-state index contributed by atoms with van der Waals surface area (Å²) < 4.78 is 0. The molecule has 0 bridgehead atoms. The summed E-state index contributed by atoms with van der Waals surface area (Å²) in [5, 5.41) is 0. The van der Waals surface area contributed by atoms with Crippen molar-refractivity contribution in [2.24, 2.45) is 52.3 Å². The molecule has 0 radical (unpaired) electrons. The highest BCUT2D eigenvalue weighted by molar-refractivity contribution is 5.11. The predicted octanol–water partition coefficient (Wildman–Crippen LogP) is 15.3. The molecule has 1 saturated carbocycles. The normalized spacial score (nSPS) is 19.2. The maximum Gasteiger partial charge on any atom is -0.0147 e. The van der Waals surface area contributed by atoms with Gasteiger partial charge in [-0.25, -0.2) is 0 Å². The van der Waals surface area contributed by atoms with Crippen LogP contribution in [0.15, 0.2) is 11.6 Å². The first-order valence-electron chi connectivity index (χ1n) is 20.1. The molecule has 0 aromatic carbocycles. The number of hydrogen-bond acceptors (Lipinski definition) is 0. The third kappa shape index (κ3) is 14.8. The Morgan fingerprint density at radius 3 is 1.88 bits per heavy atom. The highest BCUT2D eigenvalue weighted by atomic mass is 14.4. The second-order valence-electron chi connectivity index (χ2n) is 16.7. The Hall–Kier alpha value is -0.260. The van der Waals surface area contributed by atoms with E-state index in [0.29, 0.717) is 10.8 Å². The van der Waals surface area contributed by atoms with E-state index in [-0.39, 0.29) is 0 Å². The molecular weight excluding hydrogens is 516 g/mol. The van der Waals surface area contributed by atoms with E-state index < -0.39 is 0 Å². The van der Waals surface area contributed by atoms with E-state index in [2.05, 4.69) is 89.2 Å². The molecule has 1 rings (SSSR count). The number of unbranched alkanes of at least 4 members (excludes halogenated alkanes) is 2. The van der Waals surface area contributed by atoms with E-state index in [1.165, 1.54) is 128 Å². The van der Waals surface area contributed by atoms with Crippen LogP contribution < -0.4 is 0 Å². The Morgan fingerprint density at radius 2 is 1.37 bits per heavy atom. The second kappa shape index (κ2) is 21.5. The summed E-state index contributed by atoms with van der Waals surface area (Å²) in [6.45, 7) is 29.7. The van der Waals surface area contributed by atoms with E-state index in [1.807, 2.05) is 0 Å². The predicted molar refractivity (Wildman–Crippen MR) is 198 cm³/mol. The molecule has 0 N–H and O–H groups in total. The third-order valence-electron chi connectivity index (χ3n) is 13.1. The van der Waals surface area contributed by atoms with Crippen molar-refractivity contribution in [1.82, 2.24) is 0 Å². The summed E-state index contributed by atoms with van der Waals surface area (Å²) in [6, 6.07) is 0. The van der Waals surface area contributed by atoms with E-state index in [0.717, 1.165) is 41.4 Å². The van der Waals surface area contributed by atoms with E-state index in [9.17, 15) is 0 Å². The van der Waals surface area contributed by atoms with Crippen molar-refractivity contribution in [3.8, 4) is 0 Å². The molecule has 256 valence electrons. The zero-order valence-corrected chi connectivity index (χ0v) is 32.3. The quantitative estimate of drug-likeness (QED) is 0.0650. The van der Waals surface area contributed by atoms with Crippen molar-refractivity contribution in [3.05, 3.63) is 11.6 Å². The van der Waals surface area contributed by atoms with Gasteiger partial charge in [0.2, 0.25) is 0 Å². The first-order chi connectivity index (χ1) is 20.5. The van der Waals surface area contributed by atoms with E-state index in [1.54, 1.807) is 5.57 Å². The van der Waals surface area contributed by atoms with Gasteiger partial charge in [0.25, 0.3) is 0 Å².